The molecule has 2 aromatic rings. The summed E-state index contributed by atoms with van der Waals surface area (Å²) in [6, 6.07) is 16.6. The second-order valence-electron chi connectivity index (χ2n) is 7.14. The number of benzene rings is 2. The molecule has 0 atom stereocenters. The lowest BCUT2D eigenvalue weighted by Crippen LogP contribution is -2.44. The average Bonchev–Trinajstić information content (AvgIpc) is 2.64. The Kier molecular flexibility index (Phi) is 6.70. The molecule has 0 spiro atoms. The summed E-state index contributed by atoms with van der Waals surface area (Å²) < 4.78 is 0. The van der Waals surface area contributed by atoms with Gasteiger partial charge < -0.3 is 5.32 Å². The van der Waals surface area contributed by atoms with E-state index < -0.39 is 0 Å². The zero-order valence-corrected chi connectivity index (χ0v) is 16.1. The quantitative estimate of drug-likeness (QED) is 0.819. The number of nitrogens with zero attached hydrogens (tertiary/aromatic N) is 1. The second kappa shape index (κ2) is 9.20. The van der Waals surface area contributed by atoms with E-state index in [2.05, 4.69) is 41.4 Å². The van der Waals surface area contributed by atoms with Gasteiger partial charge in [-0.3, -0.25) is 9.69 Å². The van der Waals surface area contributed by atoms with Crippen molar-refractivity contribution in [3.63, 3.8) is 0 Å². The fraction of sp³-hybridized carbons (Fsp3) is 0.409. The van der Waals surface area contributed by atoms with Gasteiger partial charge in [-0.2, -0.15) is 0 Å². The standard InChI is InChI=1S/C22H27ClN2O/c1-17-6-2-3-8-19(17)16-25-14-12-20(13-15-25)24-22(26)11-10-18-7-4-5-9-21(18)23/h2-9,20H,10-16H2,1H3,(H,24,26). The van der Waals surface area contributed by atoms with E-state index in [-0.39, 0.29) is 5.91 Å². The SMILES string of the molecule is Cc1ccccc1CN1CCC(NC(=O)CCc2ccccc2Cl)CC1. The van der Waals surface area contributed by atoms with Crippen LogP contribution in [-0.2, 0) is 17.8 Å². The van der Waals surface area contributed by atoms with Crippen molar-refractivity contribution in [3.05, 3.63) is 70.2 Å². The minimum atomic E-state index is 0.127. The summed E-state index contributed by atoms with van der Waals surface area (Å²) in [5, 5.41) is 3.94. The third-order valence-electron chi connectivity index (χ3n) is 5.19. The van der Waals surface area contributed by atoms with Crippen molar-refractivity contribution in [2.24, 2.45) is 0 Å². The van der Waals surface area contributed by atoms with Crippen LogP contribution in [0, 0.1) is 6.92 Å². The lowest BCUT2D eigenvalue weighted by Gasteiger charge is -2.32. The second-order valence-corrected chi connectivity index (χ2v) is 7.54. The highest BCUT2D eigenvalue weighted by Crippen LogP contribution is 2.18. The van der Waals surface area contributed by atoms with Crippen LogP contribution in [-0.4, -0.2) is 29.9 Å². The van der Waals surface area contributed by atoms with Crippen LogP contribution < -0.4 is 5.32 Å². The fourth-order valence-corrected chi connectivity index (χ4v) is 3.74. The molecule has 3 rings (SSSR count). The molecule has 0 radical (unpaired) electrons. The normalized spacial score (nSPS) is 15.8. The molecule has 0 saturated carbocycles. The van der Waals surface area contributed by atoms with Crippen LogP contribution in [0.25, 0.3) is 0 Å². The van der Waals surface area contributed by atoms with E-state index in [1.165, 1.54) is 11.1 Å². The van der Waals surface area contributed by atoms with Crippen LogP contribution in [0.1, 0.15) is 36.0 Å². The van der Waals surface area contributed by atoms with E-state index in [4.69, 9.17) is 11.6 Å². The molecule has 1 amide bonds. The third-order valence-corrected chi connectivity index (χ3v) is 5.56. The highest BCUT2D eigenvalue weighted by molar-refractivity contribution is 6.31. The van der Waals surface area contributed by atoms with E-state index in [0.717, 1.165) is 43.1 Å². The van der Waals surface area contributed by atoms with Crippen molar-refractivity contribution in [1.29, 1.82) is 0 Å². The highest BCUT2D eigenvalue weighted by Gasteiger charge is 2.21. The van der Waals surface area contributed by atoms with Gasteiger partial charge in [0, 0.05) is 37.1 Å². The number of hydrogen-bond acceptors (Lipinski definition) is 2. The zero-order chi connectivity index (χ0) is 18.4. The number of nitrogens with one attached hydrogen (secondary N) is 1. The lowest BCUT2D eigenvalue weighted by molar-refractivity contribution is -0.122. The van der Waals surface area contributed by atoms with Gasteiger partial charge in [0.25, 0.3) is 0 Å². The van der Waals surface area contributed by atoms with Gasteiger partial charge in [-0.25, -0.2) is 0 Å². The van der Waals surface area contributed by atoms with Gasteiger partial charge in [-0.1, -0.05) is 54.1 Å². The molecular formula is C22H27ClN2O. The van der Waals surface area contributed by atoms with Gasteiger partial charge in [-0.15, -0.1) is 0 Å². The number of carbonyl (C=O) groups excluding carboxylic acids is 1. The van der Waals surface area contributed by atoms with Crippen molar-refractivity contribution in [2.45, 2.75) is 45.2 Å². The number of piperidine rings is 1. The Balaban J connectivity index is 1.40. The number of hydrogen-bond donors (Lipinski definition) is 1. The Morgan fingerprint density at radius 2 is 1.73 bits per heavy atom. The van der Waals surface area contributed by atoms with Crippen molar-refractivity contribution in [3.8, 4) is 0 Å². The maximum Gasteiger partial charge on any atom is 0.220 e. The van der Waals surface area contributed by atoms with Gasteiger partial charge in [-0.05, 0) is 48.9 Å². The molecule has 1 heterocycles. The van der Waals surface area contributed by atoms with Crippen LogP contribution >= 0.6 is 11.6 Å². The fourth-order valence-electron chi connectivity index (χ4n) is 3.51. The Labute approximate surface area is 161 Å². The predicted octanol–water partition coefficient (Wildman–Crippen LogP) is 4.36. The number of aryl methyl sites for hydroxylation is 2. The van der Waals surface area contributed by atoms with Crippen molar-refractivity contribution >= 4 is 17.5 Å². The molecule has 1 aliphatic heterocycles. The Morgan fingerprint density at radius 3 is 2.42 bits per heavy atom. The van der Waals surface area contributed by atoms with E-state index >= 15 is 0 Å². The molecule has 26 heavy (non-hydrogen) atoms. The van der Waals surface area contributed by atoms with Gasteiger partial charge >= 0.3 is 0 Å². The van der Waals surface area contributed by atoms with E-state index in [1.807, 2.05) is 24.3 Å². The smallest absolute Gasteiger partial charge is 0.220 e. The minimum absolute atomic E-state index is 0.127. The van der Waals surface area contributed by atoms with Crippen LogP contribution in [0.3, 0.4) is 0 Å². The summed E-state index contributed by atoms with van der Waals surface area (Å²) in [4.78, 5) is 14.7. The molecule has 1 saturated heterocycles. The summed E-state index contributed by atoms with van der Waals surface area (Å²) in [6.07, 6.45) is 3.22. The van der Waals surface area contributed by atoms with Crippen LogP contribution in [0.15, 0.2) is 48.5 Å². The van der Waals surface area contributed by atoms with E-state index in [1.54, 1.807) is 0 Å². The summed E-state index contributed by atoms with van der Waals surface area (Å²) >= 11 is 6.16. The molecule has 0 aromatic heterocycles. The molecule has 3 nitrogen and oxygen atoms in total. The molecule has 0 aliphatic carbocycles. The van der Waals surface area contributed by atoms with Crippen molar-refractivity contribution in [2.75, 3.05) is 13.1 Å². The molecule has 1 N–H and O–H groups in total. The number of likely N-dealkylation sites (tertiary alicyclic amines) is 1. The summed E-state index contributed by atoms with van der Waals surface area (Å²) in [6.45, 7) is 5.23. The third kappa shape index (κ3) is 5.33. The summed E-state index contributed by atoms with van der Waals surface area (Å²) in [7, 11) is 0. The van der Waals surface area contributed by atoms with Crippen LogP contribution in [0.5, 0.6) is 0 Å². The maximum atomic E-state index is 12.2. The molecule has 138 valence electrons. The number of halogens is 1. The van der Waals surface area contributed by atoms with Crippen LogP contribution in [0.2, 0.25) is 5.02 Å². The number of amides is 1. The Morgan fingerprint density at radius 1 is 1.08 bits per heavy atom. The highest BCUT2D eigenvalue weighted by atomic mass is 35.5. The van der Waals surface area contributed by atoms with Gasteiger partial charge in [0.1, 0.15) is 0 Å². The minimum Gasteiger partial charge on any atom is -0.353 e. The van der Waals surface area contributed by atoms with Gasteiger partial charge in [0.2, 0.25) is 5.91 Å². The van der Waals surface area contributed by atoms with Crippen molar-refractivity contribution < 1.29 is 4.79 Å². The average molecular weight is 371 g/mol. The molecule has 4 heteroatoms. The van der Waals surface area contributed by atoms with Crippen LogP contribution in [0.4, 0.5) is 0 Å². The largest absolute Gasteiger partial charge is 0.353 e. The summed E-state index contributed by atoms with van der Waals surface area (Å²) in [5.41, 5.74) is 3.79. The van der Waals surface area contributed by atoms with Gasteiger partial charge in [0.05, 0.1) is 0 Å². The lowest BCUT2D eigenvalue weighted by atomic mass is 10.0. The first-order valence-corrected chi connectivity index (χ1v) is 9.79. The first-order chi connectivity index (χ1) is 12.6. The summed E-state index contributed by atoms with van der Waals surface area (Å²) in [5.74, 6) is 0.127. The first kappa shape index (κ1) is 18.9. The maximum absolute atomic E-state index is 12.2. The molecule has 2 aromatic carbocycles. The van der Waals surface area contributed by atoms with Crippen molar-refractivity contribution in [1.82, 2.24) is 10.2 Å². The predicted molar refractivity (Wildman–Crippen MR) is 107 cm³/mol. The molecule has 0 bridgehead atoms. The molecule has 0 unspecified atom stereocenters. The first-order valence-electron chi connectivity index (χ1n) is 9.41. The molecule has 1 fully saturated rings. The molecule has 1 aliphatic rings. The van der Waals surface area contributed by atoms with E-state index in [0.29, 0.717) is 18.9 Å². The zero-order valence-electron chi connectivity index (χ0n) is 15.4. The monoisotopic (exact) mass is 370 g/mol. The van der Waals surface area contributed by atoms with Gasteiger partial charge in [0.15, 0.2) is 0 Å². The molecular weight excluding hydrogens is 344 g/mol. The number of rotatable bonds is 6. The topological polar surface area (TPSA) is 32.3 Å². The van der Waals surface area contributed by atoms with E-state index in [9.17, 15) is 4.79 Å². The number of carbonyl (C=O) groups is 1. The Hall–Kier alpha value is -1.84. The Bertz CT molecular complexity index is 738.